The smallest absolute Gasteiger partial charge is 0.193 e. The van der Waals surface area contributed by atoms with Crippen LogP contribution >= 0.6 is 24.0 Å². The molecule has 0 spiro atoms. The minimum atomic E-state index is 0. The van der Waals surface area contributed by atoms with E-state index in [-0.39, 0.29) is 30.1 Å². The minimum Gasteiger partial charge on any atom is -0.373 e. The van der Waals surface area contributed by atoms with Crippen LogP contribution in [-0.2, 0) is 11.3 Å². The molecule has 1 aromatic carbocycles. The Hall–Kier alpha value is -0.900. The van der Waals surface area contributed by atoms with Crippen LogP contribution in [0.25, 0.3) is 0 Å². The second kappa shape index (κ2) is 11.2. The van der Waals surface area contributed by atoms with E-state index in [1.54, 1.807) is 0 Å². The number of ether oxygens (including phenoxy) is 1. The van der Waals surface area contributed by atoms with Gasteiger partial charge in [-0.15, -0.1) is 24.0 Å². The van der Waals surface area contributed by atoms with Gasteiger partial charge in [-0.05, 0) is 19.2 Å². The number of fused-ring (bicyclic) bond motifs is 1. The summed E-state index contributed by atoms with van der Waals surface area (Å²) in [5, 5.41) is 3.51. The topological polar surface area (TPSA) is 43.3 Å². The Kier molecular flexibility index (Phi) is 9.28. The summed E-state index contributed by atoms with van der Waals surface area (Å²) in [6.45, 7) is 9.87. The van der Waals surface area contributed by atoms with Crippen LogP contribution in [0.2, 0.25) is 0 Å². The molecule has 2 unspecified atom stereocenters. The highest BCUT2D eigenvalue weighted by Gasteiger charge is 2.41. The van der Waals surface area contributed by atoms with Crippen molar-refractivity contribution < 1.29 is 4.74 Å². The fourth-order valence-electron chi connectivity index (χ4n) is 3.79. The van der Waals surface area contributed by atoms with Gasteiger partial charge < -0.3 is 19.9 Å². The van der Waals surface area contributed by atoms with Crippen LogP contribution in [0.3, 0.4) is 0 Å². The van der Waals surface area contributed by atoms with E-state index < -0.39 is 0 Å². The lowest BCUT2D eigenvalue weighted by Gasteiger charge is -2.36. The molecule has 2 aliphatic heterocycles. The molecule has 152 valence electrons. The number of halogens is 1. The molecule has 0 radical (unpaired) electrons. The SMILES string of the molecule is CCN(C)CCNC(=NC)N1CC2OCCN(Cc3ccccc3)C2C1.I. The Labute approximate surface area is 181 Å². The first-order valence-corrected chi connectivity index (χ1v) is 9.75. The first-order valence-electron chi connectivity index (χ1n) is 9.75. The van der Waals surface area contributed by atoms with Gasteiger partial charge in [0.25, 0.3) is 0 Å². The van der Waals surface area contributed by atoms with Gasteiger partial charge in [0.15, 0.2) is 5.96 Å². The van der Waals surface area contributed by atoms with Crippen LogP contribution in [0.15, 0.2) is 35.3 Å². The number of likely N-dealkylation sites (tertiary alicyclic amines) is 1. The lowest BCUT2D eigenvalue weighted by Crippen LogP contribution is -2.50. The molecule has 3 rings (SSSR count). The number of hydrogen-bond acceptors (Lipinski definition) is 4. The van der Waals surface area contributed by atoms with Crippen molar-refractivity contribution in [3.05, 3.63) is 35.9 Å². The molecule has 6 nitrogen and oxygen atoms in total. The number of guanidine groups is 1. The zero-order chi connectivity index (χ0) is 18.4. The lowest BCUT2D eigenvalue weighted by molar-refractivity contribution is -0.0502. The summed E-state index contributed by atoms with van der Waals surface area (Å²) in [5.74, 6) is 0.993. The number of hydrogen-bond donors (Lipinski definition) is 1. The third-order valence-electron chi connectivity index (χ3n) is 5.47. The predicted octanol–water partition coefficient (Wildman–Crippen LogP) is 1.72. The Morgan fingerprint density at radius 3 is 2.78 bits per heavy atom. The van der Waals surface area contributed by atoms with Gasteiger partial charge in [-0.2, -0.15) is 0 Å². The van der Waals surface area contributed by atoms with Crippen molar-refractivity contribution in [1.29, 1.82) is 0 Å². The van der Waals surface area contributed by atoms with E-state index in [0.717, 1.165) is 58.4 Å². The summed E-state index contributed by atoms with van der Waals surface area (Å²) < 4.78 is 6.08. The van der Waals surface area contributed by atoms with E-state index in [1.165, 1.54) is 5.56 Å². The van der Waals surface area contributed by atoms with E-state index in [2.05, 4.69) is 69.3 Å². The van der Waals surface area contributed by atoms with Crippen molar-refractivity contribution in [1.82, 2.24) is 20.0 Å². The highest BCUT2D eigenvalue weighted by atomic mass is 127. The summed E-state index contributed by atoms with van der Waals surface area (Å²) in [4.78, 5) is 11.7. The third kappa shape index (κ3) is 6.04. The monoisotopic (exact) mass is 487 g/mol. The summed E-state index contributed by atoms with van der Waals surface area (Å²) in [6, 6.07) is 11.2. The Morgan fingerprint density at radius 2 is 2.07 bits per heavy atom. The minimum absolute atomic E-state index is 0. The molecule has 0 aromatic heterocycles. The van der Waals surface area contributed by atoms with Crippen LogP contribution < -0.4 is 5.32 Å². The van der Waals surface area contributed by atoms with Gasteiger partial charge in [-0.1, -0.05) is 37.3 Å². The molecule has 2 heterocycles. The maximum absolute atomic E-state index is 6.08. The number of rotatable bonds is 6. The number of aliphatic imine (C=N–C) groups is 1. The van der Waals surface area contributed by atoms with E-state index in [4.69, 9.17) is 4.74 Å². The van der Waals surface area contributed by atoms with Crippen molar-refractivity contribution in [2.45, 2.75) is 25.6 Å². The molecular weight excluding hydrogens is 453 g/mol. The van der Waals surface area contributed by atoms with Crippen molar-refractivity contribution in [2.75, 3.05) is 60.0 Å². The van der Waals surface area contributed by atoms with Crippen molar-refractivity contribution in [3.63, 3.8) is 0 Å². The molecule has 27 heavy (non-hydrogen) atoms. The molecule has 2 atom stereocenters. The van der Waals surface area contributed by atoms with Gasteiger partial charge >= 0.3 is 0 Å². The highest BCUT2D eigenvalue weighted by molar-refractivity contribution is 14.0. The molecule has 2 fully saturated rings. The van der Waals surface area contributed by atoms with Gasteiger partial charge in [0.05, 0.1) is 18.8 Å². The molecule has 2 aliphatic rings. The first-order chi connectivity index (χ1) is 12.7. The number of nitrogens with zero attached hydrogens (tertiary/aromatic N) is 4. The molecule has 0 saturated carbocycles. The molecule has 0 amide bonds. The van der Waals surface area contributed by atoms with Crippen LogP contribution in [0, 0.1) is 0 Å². The number of nitrogens with one attached hydrogen (secondary N) is 1. The van der Waals surface area contributed by atoms with E-state index in [9.17, 15) is 0 Å². The van der Waals surface area contributed by atoms with E-state index in [1.807, 2.05) is 7.05 Å². The average Bonchev–Trinajstić information content (AvgIpc) is 3.11. The maximum atomic E-state index is 6.08. The predicted molar refractivity (Wildman–Crippen MR) is 122 cm³/mol. The molecular formula is C20H34IN5O. The van der Waals surface area contributed by atoms with E-state index >= 15 is 0 Å². The Bertz CT molecular complexity index is 585. The zero-order valence-corrected chi connectivity index (χ0v) is 19.1. The summed E-state index contributed by atoms with van der Waals surface area (Å²) in [7, 11) is 4.01. The average molecular weight is 487 g/mol. The maximum Gasteiger partial charge on any atom is 0.193 e. The number of benzene rings is 1. The van der Waals surface area contributed by atoms with Crippen molar-refractivity contribution in [2.24, 2.45) is 4.99 Å². The number of morpholine rings is 1. The van der Waals surface area contributed by atoms with Gasteiger partial charge in [-0.25, -0.2) is 0 Å². The van der Waals surface area contributed by atoms with E-state index in [0.29, 0.717) is 6.04 Å². The first kappa shape index (κ1) is 22.4. The molecule has 2 saturated heterocycles. The summed E-state index contributed by atoms with van der Waals surface area (Å²) >= 11 is 0. The normalized spacial score (nSPS) is 23.3. The summed E-state index contributed by atoms with van der Waals surface area (Å²) in [6.07, 6.45) is 0.268. The molecule has 0 bridgehead atoms. The van der Waals surface area contributed by atoms with Crippen molar-refractivity contribution in [3.8, 4) is 0 Å². The Balaban J connectivity index is 0.00000261. The molecule has 1 N–H and O–H groups in total. The standard InChI is InChI=1S/C20H33N5O.HI/c1-4-23(3)11-10-22-20(21-2)25-15-18-19(16-25)26-13-12-24(18)14-17-8-6-5-7-9-17;/h5-9,18-19H,4,10-16H2,1-3H3,(H,21,22);1H. The molecule has 1 aromatic rings. The van der Waals surface area contributed by atoms with Crippen LogP contribution in [-0.4, -0.2) is 92.8 Å². The highest BCUT2D eigenvalue weighted by Crippen LogP contribution is 2.24. The fourth-order valence-corrected chi connectivity index (χ4v) is 3.79. The Morgan fingerprint density at radius 1 is 1.30 bits per heavy atom. The van der Waals surface area contributed by atoms with Gasteiger partial charge in [0, 0.05) is 46.3 Å². The van der Waals surface area contributed by atoms with Crippen molar-refractivity contribution >= 4 is 29.9 Å². The molecule has 0 aliphatic carbocycles. The second-order valence-electron chi connectivity index (χ2n) is 7.21. The second-order valence-corrected chi connectivity index (χ2v) is 7.21. The van der Waals surface area contributed by atoms with Gasteiger partial charge in [0.2, 0.25) is 0 Å². The van der Waals surface area contributed by atoms with Crippen LogP contribution in [0.1, 0.15) is 12.5 Å². The number of likely N-dealkylation sites (N-methyl/N-ethyl adjacent to an activating group) is 1. The fraction of sp³-hybridized carbons (Fsp3) is 0.650. The lowest BCUT2D eigenvalue weighted by atomic mass is 10.1. The van der Waals surface area contributed by atoms with Crippen LogP contribution in [0.5, 0.6) is 0 Å². The molecule has 7 heteroatoms. The largest absolute Gasteiger partial charge is 0.373 e. The van der Waals surface area contributed by atoms with Crippen LogP contribution in [0.4, 0.5) is 0 Å². The van der Waals surface area contributed by atoms with Gasteiger partial charge in [0.1, 0.15) is 0 Å². The zero-order valence-electron chi connectivity index (χ0n) is 16.8. The summed E-state index contributed by atoms with van der Waals surface area (Å²) in [5.41, 5.74) is 1.37. The quantitative estimate of drug-likeness (QED) is 0.376. The van der Waals surface area contributed by atoms with Gasteiger partial charge in [-0.3, -0.25) is 9.89 Å². The third-order valence-corrected chi connectivity index (χ3v) is 5.47.